The van der Waals surface area contributed by atoms with Crippen LogP contribution in [-0.4, -0.2) is 20.9 Å². The summed E-state index contributed by atoms with van der Waals surface area (Å²) in [6.45, 7) is 0. The summed E-state index contributed by atoms with van der Waals surface area (Å²) >= 11 is 1.21. The molecule has 5 heteroatoms. The smallest absolute Gasteiger partial charge is 0.171 e. The Bertz CT molecular complexity index is 205. The van der Waals surface area contributed by atoms with Gasteiger partial charge in [0.25, 0.3) is 0 Å². The lowest BCUT2D eigenvalue weighted by atomic mass is 11.1. The Morgan fingerprint density at radius 3 is 2.22 bits per heavy atom. The fourth-order valence-corrected chi connectivity index (χ4v) is 1.59. The van der Waals surface area contributed by atoms with Crippen LogP contribution in [0.1, 0.15) is 0 Å². The number of hydrogen-bond acceptors (Lipinski definition) is 4. The third-order valence-electron chi connectivity index (χ3n) is 0.566. The number of thioether (sulfide) groups is 1. The van der Waals surface area contributed by atoms with Crippen molar-refractivity contribution in [2.45, 2.75) is 0 Å². The van der Waals surface area contributed by atoms with Gasteiger partial charge in [-0.2, -0.15) is 0 Å². The van der Waals surface area contributed by atoms with E-state index in [0.717, 1.165) is 11.7 Å². The Balaban J connectivity index is 4.32. The van der Waals surface area contributed by atoms with E-state index < -0.39 is 9.84 Å². The minimum absolute atomic E-state index is 0.317. The van der Waals surface area contributed by atoms with Crippen molar-refractivity contribution in [3.63, 3.8) is 0 Å². The first-order chi connectivity index (χ1) is 3.95. The molecule has 0 bridgehead atoms. The molecule has 0 saturated heterocycles. The van der Waals surface area contributed by atoms with Crippen molar-refractivity contribution in [3.05, 3.63) is 10.4 Å². The fraction of sp³-hybridized carbons (Fsp3) is 0.500. The zero-order chi connectivity index (χ0) is 7.49. The van der Waals surface area contributed by atoms with E-state index in [1.54, 1.807) is 6.26 Å². The Hall–Kier alpha value is -0.160. The van der Waals surface area contributed by atoms with Crippen LogP contribution < -0.4 is 5.73 Å². The Kier molecular flexibility index (Phi) is 3.07. The highest BCUT2D eigenvalue weighted by Crippen LogP contribution is 2.04. The van der Waals surface area contributed by atoms with Crippen molar-refractivity contribution in [2.75, 3.05) is 12.5 Å². The highest BCUT2D eigenvalue weighted by atomic mass is 32.2. The fourth-order valence-electron chi connectivity index (χ4n) is 0.259. The van der Waals surface area contributed by atoms with Gasteiger partial charge in [0.05, 0.1) is 10.4 Å². The Labute approximate surface area is 59.2 Å². The summed E-state index contributed by atoms with van der Waals surface area (Å²) in [5, 5.41) is 1.36. The second-order valence-corrected chi connectivity index (χ2v) is 4.33. The number of hydrogen-bond donors (Lipinski definition) is 1. The molecule has 0 aromatic heterocycles. The number of sulfone groups is 1. The van der Waals surface area contributed by atoms with Crippen LogP contribution in [0.5, 0.6) is 0 Å². The standard InChI is InChI=1S/C4H9NO2S2/c1-8-4(5)3-9(2,6)7/h3H,5H2,1-2H3/b4-3+. The molecule has 0 spiro atoms. The summed E-state index contributed by atoms with van der Waals surface area (Å²) in [5.41, 5.74) is 5.20. The van der Waals surface area contributed by atoms with Crippen molar-refractivity contribution < 1.29 is 8.42 Å². The van der Waals surface area contributed by atoms with Crippen molar-refractivity contribution in [1.82, 2.24) is 0 Å². The molecule has 0 heterocycles. The van der Waals surface area contributed by atoms with Crippen LogP contribution in [0.4, 0.5) is 0 Å². The maximum absolute atomic E-state index is 10.4. The molecular weight excluding hydrogens is 158 g/mol. The third kappa shape index (κ3) is 5.72. The van der Waals surface area contributed by atoms with Crippen molar-refractivity contribution in [1.29, 1.82) is 0 Å². The third-order valence-corrected chi connectivity index (χ3v) is 1.99. The average Bonchev–Trinajstić information content (AvgIpc) is 1.62. The number of rotatable bonds is 2. The molecule has 0 aromatic rings. The van der Waals surface area contributed by atoms with Gasteiger partial charge in [0.1, 0.15) is 0 Å². The van der Waals surface area contributed by atoms with E-state index in [1.807, 2.05) is 0 Å². The number of nitrogens with two attached hydrogens (primary N) is 1. The summed E-state index contributed by atoms with van der Waals surface area (Å²) in [6.07, 6.45) is 2.83. The molecule has 0 saturated carbocycles. The van der Waals surface area contributed by atoms with Gasteiger partial charge in [0, 0.05) is 6.26 Å². The van der Waals surface area contributed by atoms with Crippen LogP contribution in [-0.2, 0) is 9.84 Å². The summed E-state index contributed by atoms with van der Waals surface area (Å²) in [4.78, 5) is 0. The van der Waals surface area contributed by atoms with E-state index in [4.69, 9.17) is 5.73 Å². The van der Waals surface area contributed by atoms with Gasteiger partial charge < -0.3 is 5.73 Å². The lowest BCUT2D eigenvalue weighted by Gasteiger charge is -1.91. The van der Waals surface area contributed by atoms with E-state index in [1.165, 1.54) is 11.8 Å². The summed E-state index contributed by atoms with van der Waals surface area (Å²) < 4.78 is 20.9. The second-order valence-electron chi connectivity index (χ2n) is 1.55. The first-order valence-corrected chi connectivity index (χ1v) is 5.35. The van der Waals surface area contributed by atoms with Gasteiger partial charge in [-0.1, -0.05) is 0 Å². The lowest BCUT2D eigenvalue weighted by molar-refractivity contribution is 0.610. The van der Waals surface area contributed by atoms with E-state index in [0.29, 0.717) is 5.03 Å². The molecule has 0 aromatic carbocycles. The maximum Gasteiger partial charge on any atom is 0.171 e. The molecule has 2 N–H and O–H groups in total. The van der Waals surface area contributed by atoms with E-state index >= 15 is 0 Å². The van der Waals surface area contributed by atoms with Gasteiger partial charge in [-0.25, -0.2) is 8.42 Å². The molecule has 0 aliphatic carbocycles. The molecule has 0 rings (SSSR count). The van der Waals surface area contributed by atoms with Crippen LogP contribution in [0.3, 0.4) is 0 Å². The van der Waals surface area contributed by atoms with Crippen LogP contribution in [0.2, 0.25) is 0 Å². The molecule has 0 radical (unpaired) electrons. The molecule has 3 nitrogen and oxygen atoms in total. The zero-order valence-electron chi connectivity index (χ0n) is 5.29. The predicted octanol–water partition coefficient (Wildman–Crippen LogP) is 0.152. The molecule has 0 aliphatic heterocycles. The maximum atomic E-state index is 10.4. The molecule has 0 amide bonds. The summed E-state index contributed by atoms with van der Waals surface area (Å²) in [5.74, 6) is 0. The lowest BCUT2D eigenvalue weighted by Crippen LogP contribution is -1.97. The second kappa shape index (κ2) is 3.12. The Morgan fingerprint density at radius 1 is 1.67 bits per heavy atom. The molecule has 0 unspecified atom stereocenters. The molecule has 0 fully saturated rings. The summed E-state index contributed by atoms with van der Waals surface area (Å²) in [7, 11) is -3.04. The molecule has 54 valence electrons. The average molecular weight is 167 g/mol. The largest absolute Gasteiger partial charge is 0.393 e. The molecule has 0 atom stereocenters. The topological polar surface area (TPSA) is 60.2 Å². The van der Waals surface area contributed by atoms with Crippen molar-refractivity contribution in [3.8, 4) is 0 Å². The highest BCUT2D eigenvalue weighted by Gasteiger charge is 1.95. The van der Waals surface area contributed by atoms with Crippen molar-refractivity contribution >= 4 is 21.6 Å². The SMILES string of the molecule is CS/C(N)=C/S(C)(=O)=O. The molecule has 0 aliphatic rings. The van der Waals surface area contributed by atoms with Gasteiger partial charge in [0.15, 0.2) is 9.84 Å². The first-order valence-electron chi connectivity index (χ1n) is 2.17. The molecule has 9 heavy (non-hydrogen) atoms. The highest BCUT2D eigenvalue weighted by molar-refractivity contribution is 8.03. The molecular formula is C4H9NO2S2. The van der Waals surface area contributed by atoms with Gasteiger partial charge in [-0.3, -0.25) is 0 Å². The van der Waals surface area contributed by atoms with E-state index in [9.17, 15) is 8.42 Å². The minimum Gasteiger partial charge on any atom is -0.393 e. The first kappa shape index (κ1) is 8.84. The summed E-state index contributed by atoms with van der Waals surface area (Å²) in [6, 6.07) is 0. The van der Waals surface area contributed by atoms with Crippen molar-refractivity contribution in [2.24, 2.45) is 5.73 Å². The van der Waals surface area contributed by atoms with Gasteiger partial charge in [0.2, 0.25) is 0 Å². The Morgan fingerprint density at radius 2 is 2.11 bits per heavy atom. The van der Waals surface area contributed by atoms with Crippen LogP contribution in [0.15, 0.2) is 10.4 Å². The van der Waals surface area contributed by atoms with E-state index in [2.05, 4.69) is 0 Å². The van der Waals surface area contributed by atoms with Gasteiger partial charge >= 0.3 is 0 Å². The minimum atomic E-state index is -3.04. The van der Waals surface area contributed by atoms with E-state index in [-0.39, 0.29) is 0 Å². The van der Waals surface area contributed by atoms with Crippen LogP contribution in [0.25, 0.3) is 0 Å². The van der Waals surface area contributed by atoms with Gasteiger partial charge in [-0.05, 0) is 6.26 Å². The zero-order valence-corrected chi connectivity index (χ0v) is 6.92. The monoisotopic (exact) mass is 167 g/mol. The quantitative estimate of drug-likeness (QED) is 0.636. The van der Waals surface area contributed by atoms with Gasteiger partial charge in [-0.15, -0.1) is 11.8 Å². The predicted molar refractivity (Wildman–Crippen MR) is 40.6 cm³/mol. The van der Waals surface area contributed by atoms with Crippen LogP contribution >= 0.6 is 11.8 Å². The normalized spacial score (nSPS) is 13.8. The van der Waals surface area contributed by atoms with Crippen LogP contribution in [0, 0.1) is 0 Å².